The molecule has 1 fully saturated rings. The molecule has 1 aliphatic carbocycles. The average molecular weight is 400 g/mol. The summed E-state index contributed by atoms with van der Waals surface area (Å²) in [6.07, 6.45) is 3.95. The average Bonchev–Trinajstić information content (AvgIpc) is 2.66. The van der Waals surface area contributed by atoms with Gasteiger partial charge in [-0.05, 0) is 38.0 Å². The number of carboxylic acid groups (broad SMARTS) is 1. The lowest BCUT2D eigenvalue weighted by atomic mass is 9.90. The van der Waals surface area contributed by atoms with E-state index in [9.17, 15) is 14.7 Å². The highest BCUT2D eigenvalue weighted by Crippen LogP contribution is 2.27. The zero-order valence-electron chi connectivity index (χ0n) is 16.0. The zero-order chi connectivity index (χ0) is 21.0. The number of pyridine rings is 2. The van der Waals surface area contributed by atoms with Crippen LogP contribution >= 0.6 is 0 Å². The number of nitrogens with one attached hydrogen (secondary N) is 3. The molecule has 0 radical (unpaired) electrons. The normalized spacial score (nSPS) is 18.7. The summed E-state index contributed by atoms with van der Waals surface area (Å²) in [6, 6.07) is 4.44. The van der Waals surface area contributed by atoms with Gasteiger partial charge >= 0.3 is 6.09 Å². The number of nitrogens with two attached hydrogens (primary N) is 1. The van der Waals surface area contributed by atoms with Crippen molar-refractivity contribution in [2.24, 2.45) is 5.73 Å². The number of hydrogen-bond donors (Lipinski definition) is 6. The van der Waals surface area contributed by atoms with Crippen LogP contribution in [0, 0.1) is 6.92 Å². The number of aryl methyl sites for hydroxylation is 1. The van der Waals surface area contributed by atoms with Gasteiger partial charge in [-0.25, -0.2) is 14.8 Å². The molecular formula is C19H24N6O4. The van der Waals surface area contributed by atoms with E-state index in [4.69, 9.17) is 10.8 Å². The van der Waals surface area contributed by atoms with Gasteiger partial charge in [-0.15, -0.1) is 0 Å². The Morgan fingerprint density at radius 1 is 1.21 bits per heavy atom. The van der Waals surface area contributed by atoms with Crippen LogP contribution in [0.1, 0.15) is 41.9 Å². The van der Waals surface area contributed by atoms with Crippen LogP contribution in [-0.4, -0.2) is 44.3 Å². The van der Waals surface area contributed by atoms with Gasteiger partial charge in [0, 0.05) is 6.04 Å². The number of anilines is 3. The third-order valence-corrected chi connectivity index (χ3v) is 4.87. The minimum atomic E-state index is -1.05. The van der Waals surface area contributed by atoms with Crippen LogP contribution in [-0.2, 0) is 0 Å². The fourth-order valence-corrected chi connectivity index (χ4v) is 3.45. The van der Waals surface area contributed by atoms with E-state index in [-0.39, 0.29) is 23.5 Å². The van der Waals surface area contributed by atoms with Crippen molar-refractivity contribution in [2.75, 3.05) is 10.6 Å². The Morgan fingerprint density at radius 3 is 2.59 bits per heavy atom. The lowest BCUT2D eigenvalue weighted by Gasteiger charge is -2.32. The Hall–Kier alpha value is -3.56. The predicted octanol–water partition coefficient (Wildman–Crippen LogP) is 2.32. The van der Waals surface area contributed by atoms with Crippen LogP contribution in [0.25, 0.3) is 0 Å². The Bertz CT molecular complexity index is 920. The fourth-order valence-electron chi connectivity index (χ4n) is 3.45. The first kappa shape index (κ1) is 20.2. The van der Waals surface area contributed by atoms with Crippen molar-refractivity contribution in [3.63, 3.8) is 0 Å². The van der Waals surface area contributed by atoms with E-state index in [1.54, 1.807) is 19.1 Å². The van der Waals surface area contributed by atoms with Gasteiger partial charge in [0.2, 0.25) is 0 Å². The third-order valence-electron chi connectivity index (χ3n) is 4.87. The Morgan fingerprint density at radius 2 is 1.93 bits per heavy atom. The van der Waals surface area contributed by atoms with Crippen molar-refractivity contribution in [2.45, 2.75) is 44.7 Å². The molecule has 0 aliphatic heterocycles. The summed E-state index contributed by atoms with van der Waals surface area (Å²) < 4.78 is 0. The quantitative estimate of drug-likeness (QED) is 0.430. The van der Waals surface area contributed by atoms with Crippen molar-refractivity contribution >= 4 is 29.2 Å². The maximum Gasteiger partial charge on any atom is 0.404 e. The Labute approximate surface area is 167 Å². The third kappa shape index (κ3) is 5.03. The second kappa shape index (κ2) is 8.63. The van der Waals surface area contributed by atoms with E-state index in [0.717, 1.165) is 25.7 Å². The topological polar surface area (TPSA) is 162 Å². The summed E-state index contributed by atoms with van der Waals surface area (Å²) in [5.41, 5.74) is 6.90. The number of amides is 2. The molecule has 7 N–H and O–H groups in total. The second-order valence-corrected chi connectivity index (χ2v) is 7.00. The molecule has 10 heteroatoms. The smallest absolute Gasteiger partial charge is 0.404 e. The van der Waals surface area contributed by atoms with Crippen LogP contribution < -0.4 is 21.7 Å². The first-order valence-electron chi connectivity index (χ1n) is 9.33. The molecule has 0 spiro atoms. The highest BCUT2D eigenvalue weighted by molar-refractivity contribution is 5.97. The molecular weight excluding hydrogens is 376 g/mol. The summed E-state index contributed by atoms with van der Waals surface area (Å²) >= 11 is 0. The van der Waals surface area contributed by atoms with Gasteiger partial charge in [-0.1, -0.05) is 12.8 Å². The Balaban J connectivity index is 1.84. The van der Waals surface area contributed by atoms with Crippen molar-refractivity contribution in [3.05, 3.63) is 35.8 Å². The number of rotatable bonds is 6. The van der Waals surface area contributed by atoms with Crippen LogP contribution in [0.5, 0.6) is 5.75 Å². The maximum atomic E-state index is 11.8. The van der Waals surface area contributed by atoms with Crippen LogP contribution in [0.3, 0.4) is 0 Å². The first-order valence-corrected chi connectivity index (χ1v) is 9.33. The number of aromatic nitrogens is 2. The lowest BCUT2D eigenvalue weighted by Crippen LogP contribution is -2.48. The molecule has 2 aromatic heterocycles. The van der Waals surface area contributed by atoms with Crippen LogP contribution in [0.4, 0.5) is 22.0 Å². The fraction of sp³-hybridized carbons (Fsp3) is 0.368. The van der Waals surface area contributed by atoms with Gasteiger partial charge in [0.15, 0.2) is 5.69 Å². The van der Waals surface area contributed by atoms with Gasteiger partial charge < -0.3 is 31.9 Å². The molecule has 1 saturated carbocycles. The SMILES string of the molecule is Cc1nc(Nc2cc(N[C@@H]3CCCC[C@@H]3NC(=O)O)cnc2C(N)=O)ccc1O. The number of primary amides is 1. The van der Waals surface area contributed by atoms with Gasteiger partial charge in [0.1, 0.15) is 11.6 Å². The number of carbonyl (C=O) groups excluding carboxylic acids is 1. The monoisotopic (exact) mass is 400 g/mol. The number of carbonyl (C=O) groups is 2. The van der Waals surface area contributed by atoms with Crippen molar-refractivity contribution in [1.82, 2.24) is 15.3 Å². The summed E-state index contributed by atoms with van der Waals surface area (Å²) in [5.74, 6) is -0.212. The van der Waals surface area contributed by atoms with E-state index < -0.39 is 12.0 Å². The summed E-state index contributed by atoms with van der Waals surface area (Å²) in [7, 11) is 0. The molecule has 10 nitrogen and oxygen atoms in total. The molecule has 1 aliphatic rings. The molecule has 2 heterocycles. The number of aromatic hydroxyl groups is 1. The van der Waals surface area contributed by atoms with Gasteiger partial charge in [0.25, 0.3) is 5.91 Å². The molecule has 29 heavy (non-hydrogen) atoms. The summed E-state index contributed by atoms with van der Waals surface area (Å²) in [4.78, 5) is 31.2. The summed E-state index contributed by atoms with van der Waals surface area (Å²) in [6.45, 7) is 1.66. The lowest BCUT2D eigenvalue weighted by molar-refractivity contribution is 0.0996. The molecule has 0 aromatic carbocycles. The molecule has 0 bridgehead atoms. The van der Waals surface area contributed by atoms with E-state index in [1.165, 1.54) is 12.3 Å². The Kier molecular flexibility index (Phi) is 6.01. The largest absolute Gasteiger partial charge is 0.506 e. The predicted molar refractivity (Wildman–Crippen MR) is 108 cm³/mol. The van der Waals surface area contributed by atoms with E-state index in [2.05, 4.69) is 25.9 Å². The van der Waals surface area contributed by atoms with E-state index in [0.29, 0.717) is 22.9 Å². The molecule has 154 valence electrons. The molecule has 2 aromatic rings. The van der Waals surface area contributed by atoms with Crippen molar-refractivity contribution < 1.29 is 19.8 Å². The second-order valence-electron chi connectivity index (χ2n) is 7.00. The summed E-state index contributed by atoms with van der Waals surface area (Å²) in [5, 5.41) is 27.6. The molecule has 0 saturated heterocycles. The van der Waals surface area contributed by atoms with Crippen molar-refractivity contribution in [1.29, 1.82) is 0 Å². The van der Waals surface area contributed by atoms with Gasteiger partial charge in [0.05, 0.1) is 29.3 Å². The van der Waals surface area contributed by atoms with E-state index in [1.807, 2.05) is 0 Å². The molecule has 2 atom stereocenters. The van der Waals surface area contributed by atoms with Crippen molar-refractivity contribution in [3.8, 4) is 5.75 Å². The van der Waals surface area contributed by atoms with Gasteiger partial charge in [-0.3, -0.25) is 4.79 Å². The van der Waals surface area contributed by atoms with Crippen LogP contribution in [0.2, 0.25) is 0 Å². The number of hydrogen-bond acceptors (Lipinski definition) is 7. The standard InChI is InChI=1S/C19H24N6O4/c1-10-15(26)6-7-16(22-10)24-14-8-11(9-21-17(14)18(20)27)23-12-4-2-3-5-13(12)25-19(28)29/h6-9,12-13,23,25-26H,2-5H2,1H3,(H2,20,27)(H,22,24)(H,28,29)/t12-,13+/m1/s1. The minimum absolute atomic E-state index is 0.0481. The molecule has 0 unspecified atom stereocenters. The highest BCUT2D eigenvalue weighted by atomic mass is 16.4. The maximum absolute atomic E-state index is 11.8. The number of nitrogens with zero attached hydrogens (tertiary/aromatic N) is 2. The molecule has 3 rings (SSSR count). The zero-order valence-corrected chi connectivity index (χ0v) is 16.0. The highest BCUT2D eigenvalue weighted by Gasteiger charge is 2.26. The van der Waals surface area contributed by atoms with Gasteiger partial charge in [-0.2, -0.15) is 0 Å². The minimum Gasteiger partial charge on any atom is -0.506 e. The molecule has 2 amide bonds. The van der Waals surface area contributed by atoms with Crippen LogP contribution in [0.15, 0.2) is 24.4 Å². The first-order chi connectivity index (χ1) is 13.8. The van der Waals surface area contributed by atoms with E-state index >= 15 is 0 Å².